The van der Waals surface area contributed by atoms with Crippen molar-refractivity contribution in [2.75, 3.05) is 26.1 Å². The molecule has 2 N–H and O–H groups in total. The van der Waals surface area contributed by atoms with Gasteiger partial charge in [-0.2, -0.15) is 0 Å². The fourth-order valence-corrected chi connectivity index (χ4v) is 2.41. The fraction of sp³-hybridized carbons (Fsp3) is 0.571. The molecule has 0 heterocycles. The van der Waals surface area contributed by atoms with Gasteiger partial charge < -0.3 is 19.9 Å². The van der Waals surface area contributed by atoms with Crippen LogP contribution in [0.3, 0.4) is 0 Å². The molecule has 0 unspecified atom stereocenters. The van der Waals surface area contributed by atoms with E-state index in [0.29, 0.717) is 6.54 Å². The maximum absolute atomic E-state index is 10.3. The Bertz CT molecular complexity index is 400. The molecular formula is C14H21NO3. The molecule has 0 radical (unpaired) electrons. The second-order valence-electron chi connectivity index (χ2n) is 4.85. The Balaban J connectivity index is 2.04. The Labute approximate surface area is 108 Å². The quantitative estimate of drug-likeness (QED) is 0.844. The first kappa shape index (κ1) is 13.0. The molecule has 0 aromatic heterocycles. The number of ether oxygens (including phenoxy) is 2. The Morgan fingerprint density at radius 2 is 1.94 bits per heavy atom. The van der Waals surface area contributed by atoms with E-state index in [0.717, 1.165) is 42.9 Å². The van der Waals surface area contributed by atoms with Crippen LogP contribution in [-0.2, 0) is 0 Å². The van der Waals surface area contributed by atoms with Crippen LogP contribution in [0.5, 0.6) is 11.5 Å². The maximum atomic E-state index is 10.3. The Kier molecular flexibility index (Phi) is 3.97. The van der Waals surface area contributed by atoms with E-state index >= 15 is 0 Å². The molecule has 2 rings (SSSR count). The van der Waals surface area contributed by atoms with Crippen molar-refractivity contribution in [1.29, 1.82) is 0 Å². The summed E-state index contributed by atoms with van der Waals surface area (Å²) in [4.78, 5) is 0. The van der Waals surface area contributed by atoms with E-state index in [1.165, 1.54) is 0 Å². The SMILES string of the molecule is COc1ccc(NCC2(O)CCCC2)c(OC)c1. The minimum atomic E-state index is -0.565. The molecule has 1 saturated carbocycles. The van der Waals surface area contributed by atoms with E-state index in [1.807, 2.05) is 18.2 Å². The number of anilines is 1. The van der Waals surface area contributed by atoms with Crippen molar-refractivity contribution in [2.24, 2.45) is 0 Å². The summed E-state index contributed by atoms with van der Waals surface area (Å²) in [5.41, 5.74) is 0.323. The lowest BCUT2D eigenvalue weighted by atomic mass is 10.0. The third-order valence-electron chi connectivity index (χ3n) is 3.55. The van der Waals surface area contributed by atoms with Crippen LogP contribution in [0.25, 0.3) is 0 Å². The van der Waals surface area contributed by atoms with Crippen molar-refractivity contribution in [3.8, 4) is 11.5 Å². The van der Waals surface area contributed by atoms with Gasteiger partial charge in [0.2, 0.25) is 0 Å². The first-order valence-corrected chi connectivity index (χ1v) is 6.35. The van der Waals surface area contributed by atoms with Crippen LogP contribution >= 0.6 is 0 Å². The predicted octanol–water partition coefficient (Wildman–Crippen LogP) is 2.42. The third kappa shape index (κ3) is 2.88. The monoisotopic (exact) mass is 251 g/mol. The highest BCUT2D eigenvalue weighted by Gasteiger charge is 2.30. The molecule has 1 aliphatic rings. The second-order valence-corrected chi connectivity index (χ2v) is 4.85. The summed E-state index contributed by atoms with van der Waals surface area (Å²) in [5.74, 6) is 1.49. The molecule has 4 nitrogen and oxygen atoms in total. The van der Waals surface area contributed by atoms with Gasteiger partial charge in [0, 0.05) is 12.6 Å². The molecule has 0 saturated heterocycles. The Morgan fingerprint density at radius 3 is 2.56 bits per heavy atom. The van der Waals surface area contributed by atoms with Crippen molar-refractivity contribution in [3.05, 3.63) is 18.2 Å². The van der Waals surface area contributed by atoms with Crippen LogP contribution in [0.2, 0.25) is 0 Å². The Hall–Kier alpha value is -1.42. The average Bonchev–Trinajstić information content (AvgIpc) is 2.83. The molecule has 100 valence electrons. The van der Waals surface area contributed by atoms with Gasteiger partial charge in [0.25, 0.3) is 0 Å². The zero-order valence-corrected chi connectivity index (χ0v) is 11.0. The molecule has 0 atom stereocenters. The number of aliphatic hydroxyl groups is 1. The van der Waals surface area contributed by atoms with E-state index in [-0.39, 0.29) is 0 Å². The summed E-state index contributed by atoms with van der Waals surface area (Å²) in [6.45, 7) is 0.565. The van der Waals surface area contributed by atoms with Gasteiger partial charge in [-0.1, -0.05) is 12.8 Å². The molecule has 1 aromatic carbocycles. The van der Waals surface area contributed by atoms with E-state index < -0.39 is 5.60 Å². The van der Waals surface area contributed by atoms with E-state index in [9.17, 15) is 5.11 Å². The van der Waals surface area contributed by atoms with Crippen LogP contribution < -0.4 is 14.8 Å². The van der Waals surface area contributed by atoms with Crippen molar-refractivity contribution in [3.63, 3.8) is 0 Å². The molecule has 18 heavy (non-hydrogen) atoms. The fourth-order valence-electron chi connectivity index (χ4n) is 2.41. The number of rotatable bonds is 5. The number of nitrogens with one attached hydrogen (secondary N) is 1. The summed E-state index contributed by atoms with van der Waals surface area (Å²) >= 11 is 0. The van der Waals surface area contributed by atoms with Gasteiger partial charge in [0.05, 0.1) is 25.5 Å². The predicted molar refractivity (Wildman–Crippen MR) is 71.5 cm³/mol. The lowest BCUT2D eigenvalue weighted by Gasteiger charge is -2.23. The van der Waals surface area contributed by atoms with Crippen LogP contribution in [0, 0.1) is 0 Å². The number of hydrogen-bond donors (Lipinski definition) is 2. The summed E-state index contributed by atoms with van der Waals surface area (Å²) in [6.07, 6.45) is 3.97. The van der Waals surface area contributed by atoms with Crippen LogP contribution in [-0.4, -0.2) is 31.5 Å². The van der Waals surface area contributed by atoms with Crippen molar-refractivity contribution >= 4 is 5.69 Å². The molecule has 0 aliphatic heterocycles. The number of methoxy groups -OCH3 is 2. The van der Waals surface area contributed by atoms with E-state index in [4.69, 9.17) is 9.47 Å². The lowest BCUT2D eigenvalue weighted by Crippen LogP contribution is -2.33. The maximum Gasteiger partial charge on any atom is 0.145 e. The highest BCUT2D eigenvalue weighted by molar-refractivity contribution is 5.59. The van der Waals surface area contributed by atoms with Gasteiger partial charge in [-0.3, -0.25) is 0 Å². The van der Waals surface area contributed by atoms with Crippen molar-refractivity contribution in [1.82, 2.24) is 0 Å². The third-order valence-corrected chi connectivity index (χ3v) is 3.55. The zero-order valence-electron chi connectivity index (χ0n) is 11.0. The minimum absolute atomic E-state index is 0.565. The number of benzene rings is 1. The van der Waals surface area contributed by atoms with Gasteiger partial charge in [-0.05, 0) is 25.0 Å². The summed E-state index contributed by atoms with van der Waals surface area (Å²) in [5, 5.41) is 13.6. The first-order valence-electron chi connectivity index (χ1n) is 6.35. The normalized spacial score (nSPS) is 17.5. The minimum Gasteiger partial charge on any atom is -0.497 e. The topological polar surface area (TPSA) is 50.7 Å². The van der Waals surface area contributed by atoms with Gasteiger partial charge in [-0.25, -0.2) is 0 Å². The largest absolute Gasteiger partial charge is 0.497 e. The summed E-state index contributed by atoms with van der Waals surface area (Å²) in [6, 6.07) is 5.63. The smallest absolute Gasteiger partial charge is 0.145 e. The standard InChI is InChI=1S/C14H21NO3/c1-17-11-5-6-12(13(9-11)18-2)15-10-14(16)7-3-4-8-14/h5-6,9,15-16H,3-4,7-8,10H2,1-2H3. The molecular weight excluding hydrogens is 230 g/mol. The van der Waals surface area contributed by atoms with Crippen LogP contribution in [0.1, 0.15) is 25.7 Å². The molecule has 1 aliphatic carbocycles. The first-order chi connectivity index (χ1) is 8.67. The molecule has 1 fully saturated rings. The molecule has 0 amide bonds. The average molecular weight is 251 g/mol. The number of hydrogen-bond acceptors (Lipinski definition) is 4. The van der Waals surface area contributed by atoms with Crippen molar-refractivity contribution in [2.45, 2.75) is 31.3 Å². The van der Waals surface area contributed by atoms with Gasteiger partial charge in [-0.15, -0.1) is 0 Å². The van der Waals surface area contributed by atoms with E-state index in [2.05, 4.69) is 5.32 Å². The molecule has 0 spiro atoms. The molecule has 0 bridgehead atoms. The van der Waals surface area contributed by atoms with Crippen molar-refractivity contribution < 1.29 is 14.6 Å². The van der Waals surface area contributed by atoms with Gasteiger partial charge in [0.15, 0.2) is 0 Å². The highest BCUT2D eigenvalue weighted by atomic mass is 16.5. The summed E-state index contributed by atoms with van der Waals surface area (Å²) < 4.78 is 10.5. The van der Waals surface area contributed by atoms with E-state index in [1.54, 1.807) is 14.2 Å². The second kappa shape index (κ2) is 5.48. The highest BCUT2D eigenvalue weighted by Crippen LogP contribution is 2.32. The Morgan fingerprint density at radius 1 is 1.22 bits per heavy atom. The zero-order chi connectivity index (χ0) is 13.0. The van der Waals surface area contributed by atoms with Gasteiger partial charge in [0.1, 0.15) is 11.5 Å². The molecule has 4 heteroatoms. The van der Waals surface area contributed by atoms with Crippen LogP contribution in [0.4, 0.5) is 5.69 Å². The summed E-state index contributed by atoms with van der Waals surface area (Å²) in [7, 11) is 3.26. The van der Waals surface area contributed by atoms with Gasteiger partial charge >= 0.3 is 0 Å². The van der Waals surface area contributed by atoms with Crippen LogP contribution in [0.15, 0.2) is 18.2 Å². The molecule has 1 aromatic rings. The lowest BCUT2D eigenvalue weighted by molar-refractivity contribution is 0.0614.